The summed E-state index contributed by atoms with van der Waals surface area (Å²) in [7, 11) is 1.68. The number of hydrogen-bond donors (Lipinski definition) is 2. The molecule has 112 valence electrons. The predicted octanol–water partition coefficient (Wildman–Crippen LogP) is 2.66. The van der Waals surface area contributed by atoms with Crippen LogP contribution in [0.1, 0.15) is 30.5 Å². The Morgan fingerprint density at radius 1 is 1.38 bits per heavy atom. The Bertz CT molecular complexity index is 656. The zero-order chi connectivity index (χ0) is 14.9. The van der Waals surface area contributed by atoms with Gasteiger partial charge < -0.3 is 15.0 Å². The molecule has 0 saturated heterocycles. The molecule has 4 heteroatoms. The van der Waals surface area contributed by atoms with Gasteiger partial charge in [0.25, 0.3) is 0 Å². The number of benzene rings is 1. The van der Waals surface area contributed by atoms with Crippen LogP contribution in [0, 0.1) is 6.92 Å². The van der Waals surface area contributed by atoms with E-state index in [-0.39, 0.29) is 11.3 Å². The Kier molecular flexibility index (Phi) is 3.72. The summed E-state index contributed by atoms with van der Waals surface area (Å²) >= 11 is 0. The van der Waals surface area contributed by atoms with E-state index in [1.807, 2.05) is 12.1 Å². The predicted molar refractivity (Wildman–Crippen MR) is 83.5 cm³/mol. The third kappa shape index (κ3) is 2.44. The van der Waals surface area contributed by atoms with Gasteiger partial charge in [-0.3, -0.25) is 4.79 Å². The van der Waals surface area contributed by atoms with Crippen LogP contribution in [0.5, 0.6) is 0 Å². The average Bonchev–Trinajstić information content (AvgIpc) is 3.20. The van der Waals surface area contributed by atoms with E-state index >= 15 is 0 Å². The zero-order valence-corrected chi connectivity index (χ0v) is 12.7. The van der Waals surface area contributed by atoms with Gasteiger partial charge in [0, 0.05) is 36.9 Å². The number of carbonyl (C=O) groups excluding carboxylic acids is 1. The molecule has 2 N–H and O–H groups in total. The van der Waals surface area contributed by atoms with Crippen LogP contribution < -0.4 is 5.32 Å². The van der Waals surface area contributed by atoms with Crippen LogP contribution in [0.15, 0.2) is 24.3 Å². The second-order valence-electron chi connectivity index (χ2n) is 5.85. The minimum Gasteiger partial charge on any atom is -0.385 e. The van der Waals surface area contributed by atoms with E-state index in [0.717, 1.165) is 30.5 Å². The molecule has 0 atom stereocenters. The number of para-hydroxylation sites is 1. The topological polar surface area (TPSA) is 54.1 Å². The molecule has 0 radical (unpaired) electrons. The Labute approximate surface area is 124 Å². The lowest BCUT2D eigenvalue weighted by Crippen LogP contribution is -2.35. The second-order valence-corrected chi connectivity index (χ2v) is 5.85. The molecule has 1 amide bonds. The molecule has 3 rings (SSSR count). The molecule has 0 aliphatic heterocycles. The number of rotatable bonds is 6. The fraction of sp³-hybridized carbons (Fsp3) is 0.471. The van der Waals surface area contributed by atoms with E-state index in [1.165, 1.54) is 10.9 Å². The molecule has 1 fully saturated rings. The maximum absolute atomic E-state index is 12.6. The monoisotopic (exact) mass is 286 g/mol. The second kappa shape index (κ2) is 5.53. The van der Waals surface area contributed by atoms with Crippen LogP contribution in [-0.4, -0.2) is 31.2 Å². The van der Waals surface area contributed by atoms with Crippen LogP contribution in [0.2, 0.25) is 0 Å². The lowest BCUT2D eigenvalue weighted by molar-refractivity contribution is -0.123. The smallest absolute Gasteiger partial charge is 0.230 e. The van der Waals surface area contributed by atoms with Crippen molar-refractivity contribution < 1.29 is 9.53 Å². The van der Waals surface area contributed by atoms with E-state index < -0.39 is 0 Å². The van der Waals surface area contributed by atoms with Gasteiger partial charge in [0.1, 0.15) is 0 Å². The average molecular weight is 286 g/mol. The third-order valence-corrected chi connectivity index (χ3v) is 4.37. The first-order valence-corrected chi connectivity index (χ1v) is 7.54. The lowest BCUT2D eigenvalue weighted by Gasteiger charge is -2.16. The molecule has 1 aromatic carbocycles. The summed E-state index contributed by atoms with van der Waals surface area (Å²) in [5.41, 5.74) is 3.09. The lowest BCUT2D eigenvalue weighted by atomic mass is 9.92. The molecule has 4 nitrogen and oxygen atoms in total. The van der Waals surface area contributed by atoms with Crippen molar-refractivity contribution in [2.45, 2.75) is 31.6 Å². The van der Waals surface area contributed by atoms with Crippen molar-refractivity contribution in [2.24, 2.45) is 0 Å². The van der Waals surface area contributed by atoms with Gasteiger partial charge in [-0.1, -0.05) is 18.2 Å². The van der Waals surface area contributed by atoms with Gasteiger partial charge >= 0.3 is 0 Å². The van der Waals surface area contributed by atoms with Gasteiger partial charge in [0.15, 0.2) is 0 Å². The van der Waals surface area contributed by atoms with Crippen molar-refractivity contribution in [3.63, 3.8) is 0 Å². The van der Waals surface area contributed by atoms with E-state index in [1.54, 1.807) is 7.11 Å². The summed E-state index contributed by atoms with van der Waals surface area (Å²) in [6.45, 7) is 3.42. The summed E-state index contributed by atoms with van der Waals surface area (Å²) in [4.78, 5) is 16.0. The van der Waals surface area contributed by atoms with Crippen molar-refractivity contribution in [1.29, 1.82) is 0 Å². The standard InChI is InChI=1S/C17H22N2O2/c1-12-15(13-6-3-4-7-14(13)19-12)17(8-9-17)16(20)18-10-5-11-21-2/h3-4,6-7,19H,5,8-11H2,1-2H3,(H,18,20). The first kappa shape index (κ1) is 14.1. The molecular weight excluding hydrogens is 264 g/mol. The van der Waals surface area contributed by atoms with Crippen LogP contribution in [0.25, 0.3) is 10.9 Å². The van der Waals surface area contributed by atoms with E-state index in [9.17, 15) is 4.79 Å². The van der Waals surface area contributed by atoms with Crippen molar-refractivity contribution in [3.8, 4) is 0 Å². The van der Waals surface area contributed by atoms with Gasteiger partial charge in [-0.05, 0) is 37.8 Å². The SMILES string of the molecule is COCCCNC(=O)C1(c2c(C)[nH]c3ccccc23)CC1. The fourth-order valence-corrected chi connectivity index (χ4v) is 3.20. The number of nitrogens with one attached hydrogen (secondary N) is 2. The first-order chi connectivity index (χ1) is 10.2. The number of ether oxygens (including phenoxy) is 1. The first-order valence-electron chi connectivity index (χ1n) is 7.54. The molecule has 1 aliphatic rings. The molecule has 0 bridgehead atoms. The summed E-state index contributed by atoms with van der Waals surface area (Å²) in [5.74, 6) is 0.159. The Morgan fingerprint density at radius 3 is 2.86 bits per heavy atom. The summed E-state index contributed by atoms with van der Waals surface area (Å²) in [6, 6.07) is 8.23. The number of carbonyl (C=O) groups is 1. The molecule has 21 heavy (non-hydrogen) atoms. The number of fused-ring (bicyclic) bond motifs is 1. The molecule has 0 spiro atoms. The third-order valence-electron chi connectivity index (χ3n) is 4.37. The normalized spacial score (nSPS) is 16.1. The molecule has 1 saturated carbocycles. The summed E-state index contributed by atoms with van der Waals surface area (Å²) < 4.78 is 5.02. The molecule has 0 unspecified atom stereocenters. The van der Waals surface area contributed by atoms with E-state index in [4.69, 9.17) is 4.74 Å². The van der Waals surface area contributed by atoms with Crippen LogP contribution in [0.4, 0.5) is 0 Å². The number of aromatic nitrogens is 1. The van der Waals surface area contributed by atoms with Gasteiger partial charge in [0.05, 0.1) is 5.41 Å². The maximum Gasteiger partial charge on any atom is 0.230 e. The highest BCUT2D eigenvalue weighted by molar-refractivity contribution is 5.98. The van der Waals surface area contributed by atoms with Gasteiger partial charge in [-0.15, -0.1) is 0 Å². The molecule has 1 heterocycles. The number of aryl methyl sites for hydroxylation is 1. The van der Waals surface area contributed by atoms with Crippen molar-refractivity contribution >= 4 is 16.8 Å². The minimum absolute atomic E-state index is 0.159. The maximum atomic E-state index is 12.6. The largest absolute Gasteiger partial charge is 0.385 e. The van der Waals surface area contributed by atoms with Gasteiger partial charge in [0.2, 0.25) is 5.91 Å². The number of H-pyrrole nitrogens is 1. The van der Waals surface area contributed by atoms with E-state index in [0.29, 0.717) is 13.2 Å². The van der Waals surface area contributed by atoms with Gasteiger partial charge in [-0.2, -0.15) is 0 Å². The van der Waals surface area contributed by atoms with Crippen molar-refractivity contribution in [2.75, 3.05) is 20.3 Å². The number of hydrogen-bond acceptors (Lipinski definition) is 2. The van der Waals surface area contributed by atoms with Crippen LogP contribution in [0.3, 0.4) is 0 Å². The van der Waals surface area contributed by atoms with E-state index in [2.05, 4.69) is 29.4 Å². The highest BCUT2D eigenvalue weighted by Gasteiger charge is 2.53. The summed E-state index contributed by atoms with van der Waals surface area (Å²) in [5, 5.41) is 4.25. The minimum atomic E-state index is -0.323. The van der Waals surface area contributed by atoms with Crippen LogP contribution in [-0.2, 0) is 14.9 Å². The molecule has 2 aromatic rings. The van der Waals surface area contributed by atoms with Gasteiger partial charge in [-0.25, -0.2) is 0 Å². The quantitative estimate of drug-likeness (QED) is 0.802. The van der Waals surface area contributed by atoms with Crippen molar-refractivity contribution in [3.05, 3.63) is 35.5 Å². The number of aromatic amines is 1. The Balaban J connectivity index is 1.84. The Morgan fingerprint density at radius 2 is 2.14 bits per heavy atom. The summed E-state index contributed by atoms with van der Waals surface area (Å²) in [6.07, 6.45) is 2.72. The highest BCUT2D eigenvalue weighted by atomic mass is 16.5. The molecule has 1 aliphatic carbocycles. The van der Waals surface area contributed by atoms with Crippen molar-refractivity contribution in [1.82, 2.24) is 10.3 Å². The molecule has 1 aromatic heterocycles. The number of amides is 1. The zero-order valence-electron chi connectivity index (χ0n) is 12.7. The van der Waals surface area contributed by atoms with Crippen LogP contribution >= 0.6 is 0 Å². The Hall–Kier alpha value is -1.81. The molecular formula is C17H22N2O2. The fourth-order valence-electron chi connectivity index (χ4n) is 3.20. The highest BCUT2D eigenvalue weighted by Crippen LogP contribution is 2.51. The number of methoxy groups -OCH3 is 1.